The first kappa shape index (κ1) is 19.1. The summed E-state index contributed by atoms with van der Waals surface area (Å²) in [6.07, 6.45) is 2.58. The van der Waals surface area contributed by atoms with Gasteiger partial charge in [0, 0.05) is 42.3 Å². The van der Waals surface area contributed by atoms with Crippen LogP contribution in [0.4, 0.5) is 0 Å². The Morgan fingerprint density at radius 3 is 2.33 bits per heavy atom. The van der Waals surface area contributed by atoms with Gasteiger partial charge in [-0.15, -0.1) is 23.5 Å². The Hall–Kier alpha value is -1.23. The molecule has 2 heterocycles. The highest BCUT2D eigenvalue weighted by Crippen LogP contribution is 2.50. The summed E-state index contributed by atoms with van der Waals surface area (Å²) < 4.78 is 0.501. The summed E-state index contributed by atoms with van der Waals surface area (Å²) in [7, 11) is 0. The Kier molecular flexibility index (Phi) is 5.96. The molecule has 0 N–H and O–H groups in total. The molecule has 2 aromatic rings. The Morgan fingerprint density at radius 2 is 1.63 bits per heavy atom. The molecule has 2 aliphatic heterocycles. The number of hydrogen-bond donors (Lipinski definition) is 0. The quantitative estimate of drug-likeness (QED) is 0.638. The third kappa shape index (κ3) is 4.28. The van der Waals surface area contributed by atoms with Crippen molar-refractivity contribution in [3.63, 3.8) is 0 Å². The van der Waals surface area contributed by atoms with Crippen LogP contribution in [-0.4, -0.2) is 45.9 Å². The molecule has 0 amide bonds. The average molecular weight is 398 g/mol. The molecule has 2 nitrogen and oxygen atoms in total. The van der Waals surface area contributed by atoms with Gasteiger partial charge in [-0.2, -0.15) is 0 Å². The van der Waals surface area contributed by atoms with Gasteiger partial charge in [-0.3, -0.25) is 4.79 Å². The van der Waals surface area contributed by atoms with Gasteiger partial charge in [-0.05, 0) is 24.3 Å². The van der Waals surface area contributed by atoms with Crippen molar-refractivity contribution in [2.24, 2.45) is 0 Å². The number of rotatable bonds is 5. The molecule has 0 bridgehead atoms. The minimum Gasteiger partial charge on any atom is -0.303 e. The van der Waals surface area contributed by atoms with Gasteiger partial charge in [0.15, 0.2) is 5.78 Å². The molecule has 0 aliphatic carbocycles. The summed E-state index contributed by atoms with van der Waals surface area (Å²) in [4.78, 5) is 15.6. The highest BCUT2D eigenvalue weighted by atomic mass is 32.2. The van der Waals surface area contributed by atoms with Crippen molar-refractivity contribution in [2.45, 2.75) is 29.8 Å². The molecule has 4 heteroatoms. The van der Waals surface area contributed by atoms with Crippen molar-refractivity contribution in [1.82, 2.24) is 4.90 Å². The van der Waals surface area contributed by atoms with E-state index in [1.165, 1.54) is 43.0 Å². The van der Waals surface area contributed by atoms with Crippen LogP contribution in [0.15, 0.2) is 54.6 Å². The molecule has 1 unspecified atom stereocenters. The lowest BCUT2D eigenvalue weighted by Gasteiger charge is -2.39. The summed E-state index contributed by atoms with van der Waals surface area (Å²) in [6.45, 7) is 5.66. The van der Waals surface area contributed by atoms with Crippen LogP contribution in [0.1, 0.15) is 47.2 Å². The molecule has 1 atom stereocenters. The van der Waals surface area contributed by atoms with E-state index in [-0.39, 0.29) is 5.78 Å². The zero-order chi connectivity index (χ0) is 18.7. The maximum atomic E-state index is 13.0. The normalized spacial score (nSPS) is 20.6. The monoisotopic (exact) mass is 397 g/mol. The van der Waals surface area contributed by atoms with Crippen molar-refractivity contribution < 1.29 is 4.79 Å². The van der Waals surface area contributed by atoms with E-state index in [1.807, 2.05) is 42.5 Å². The standard InChI is InChI=1S/C23H27NOS2/c1-18(17-24-13-11-23(12-14-24)26-15-16-27-23)20-9-5-6-10-21(20)22(25)19-7-3-2-4-8-19/h2-10,18H,11-17H2,1H3. The third-order valence-corrected chi connectivity index (χ3v) is 9.39. The second kappa shape index (κ2) is 8.42. The molecule has 142 valence electrons. The van der Waals surface area contributed by atoms with Crippen LogP contribution in [0.25, 0.3) is 0 Å². The highest BCUT2D eigenvalue weighted by Gasteiger charge is 2.38. The molecular weight excluding hydrogens is 370 g/mol. The predicted octanol–water partition coefficient (Wildman–Crippen LogP) is 5.29. The second-order valence-electron chi connectivity index (χ2n) is 7.59. The molecule has 2 aliphatic rings. The van der Waals surface area contributed by atoms with Crippen LogP contribution < -0.4 is 0 Å². The van der Waals surface area contributed by atoms with Crippen molar-refractivity contribution in [3.8, 4) is 0 Å². The Labute approximate surface area is 171 Å². The van der Waals surface area contributed by atoms with E-state index in [0.29, 0.717) is 10.00 Å². The summed E-state index contributed by atoms with van der Waals surface area (Å²) in [5.41, 5.74) is 2.80. The SMILES string of the molecule is CC(CN1CCC2(CC1)SCCS2)c1ccccc1C(=O)c1ccccc1. The van der Waals surface area contributed by atoms with Crippen LogP contribution in [0.2, 0.25) is 0 Å². The van der Waals surface area contributed by atoms with Crippen molar-refractivity contribution >= 4 is 29.3 Å². The van der Waals surface area contributed by atoms with Crippen molar-refractivity contribution in [1.29, 1.82) is 0 Å². The zero-order valence-electron chi connectivity index (χ0n) is 15.9. The first-order valence-electron chi connectivity index (χ1n) is 9.86. The van der Waals surface area contributed by atoms with Gasteiger partial charge in [-0.1, -0.05) is 61.5 Å². The summed E-state index contributed by atoms with van der Waals surface area (Å²) in [6, 6.07) is 17.8. The lowest BCUT2D eigenvalue weighted by molar-refractivity contribution is 0.103. The van der Waals surface area contributed by atoms with Crippen LogP contribution in [0, 0.1) is 0 Å². The van der Waals surface area contributed by atoms with Gasteiger partial charge in [-0.25, -0.2) is 0 Å². The smallest absolute Gasteiger partial charge is 0.193 e. The van der Waals surface area contributed by atoms with Crippen LogP contribution >= 0.6 is 23.5 Å². The fraction of sp³-hybridized carbons (Fsp3) is 0.435. The number of ketones is 1. The molecule has 27 heavy (non-hydrogen) atoms. The molecule has 0 saturated carbocycles. The molecular formula is C23H27NOS2. The maximum Gasteiger partial charge on any atom is 0.193 e. The first-order chi connectivity index (χ1) is 13.2. The third-order valence-electron chi connectivity index (χ3n) is 5.74. The number of likely N-dealkylation sites (tertiary alicyclic amines) is 1. The topological polar surface area (TPSA) is 20.3 Å². The van der Waals surface area contributed by atoms with Crippen molar-refractivity contribution in [3.05, 3.63) is 71.3 Å². The fourth-order valence-electron chi connectivity index (χ4n) is 4.23. The number of carbonyl (C=O) groups excluding carboxylic acids is 1. The zero-order valence-corrected chi connectivity index (χ0v) is 17.5. The number of thioether (sulfide) groups is 2. The number of nitrogens with zero attached hydrogens (tertiary/aromatic N) is 1. The van der Waals surface area contributed by atoms with Gasteiger partial charge in [0.25, 0.3) is 0 Å². The van der Waals surface area contributed by atoms with Gasteiger partial charge in [0.2, 0.25) is 0 Å². The van der Waals surface area contributed by atoms with Gasteiger partial charge in [0.1, 0.15) is 0 Å². The summed E-state index contributed by atoms with van der Waals surface area (Å²) >= 11 is 4.36. The Balaban J connectivity index is 1.45. The number of carbonyl (C=O) groups is 1. The number of piperidine rings is 1. The van der Waals surface area contributed by atoms with E-state index < -0.39 is 0 Å². The van der Waals surface area contributed by atoms with E-state index in [4.69, 9.17) is 0 Å². The van der Waals surface area contributed by atoms with Crippen LogP contribution in [0.3, 0.4) is 0 Å². The highest BCUT2D eigenvalue weighted by molar-refractivity contribution is 8.21. The molecule has 0 radical (unpaired) electrons. The Morgan fingerprint density at radius 1 is 1.00 bits per heavy atom. The lowest BCUT2D eigenvalue weighted by atomic mass is 9.90. The van der Waals surface area contributed by atoms with E-state index in [0.717, 1.165) is 17.7 Å². The lowest BCUT2D eigenvalue weighted by Crippen LogP contribution is -2.41. The van der Waals surface area contributed by atoms with E-state index in [2.05, 4.69) is 47.5 Å². The maximum absolute atomic E-state index is 13.0. The molecule has 0 aromatic heterocycles. The van der Waals surface area contributed by atoms with Gasteiger partial charge >= 0.3 is 0 Å². The molecule has 2 aromatic carbocycles. The first-order valence-corrected chi connectivity index (χ1v) is 11.8. The van der Waals surface area contributed by atoms with E-state index >= 15 is 0 Å². The minimum absolute atomic E-state index is 0.134. The summed E-state index contributed by atoms with van der Waals surface area (Å²) in [5.74, 6) is 3.12. The molecule has 2 saturated heterocycles. The van der Waals surface area contributed by atoms with Gasteiger partial charge < -0.3 is 4.90 Å². The fourth-order valence-corrected chi connectivity index (χ4v) is 7.41. The van der Waals surface area contributed by atoms with Crippen LogP contribution in [0.5, 0.6) is 0 Å². The molecule has 4 rings (SSSR count). The molecule has 2 fully saturated rings. The van der Waals surface area contributed by atoms with E-state index in [1.54, 1.807) is 0 Å². The Bertz CT molecular complexity index is 776. The average Bonchev–Trinajstić information content (AvgIpc) is 3.18. The second-order valence-corrected chi connectivity index (χ2v) is 10.8. The van der Waals surface area contributed by atoms with Gasteiger partial charge in [0.05, 0.1) is 4.08 Å². The van der Waals surface area contributed by atoms with Crippen LogP contribution in [-0.2, 0) is 0 Å². The number of hydrogen-bond acceptors (Lipinski definition) is 4. The van der Waals surface area contributed by atoms with Crippen molar-refractivity contribution in [2.75, 3.05) is 31.1 Å². The number of benzene rings is 2. The predicted molar refractivity (Wildman–Crippen MR) is 118 cm³/mol. The van der Waals surface area contributed by atoms with E-state index in [9.17, 15) is 4.79 Å². The summed E-state index contributed by atoms with van der Waals surface area (Å²) in [5, 5.41) is 0. The minimum atomic E-state index is 0.134. The molecule has 1 spiro atoms. The largest absolute Gasteiger partial charge is 0.303 e.